The van der Waals surface area contributed by atoms with E-state index in [9.17, 15) is 4.79 Å². The van der Waals surface area contributed by atoms with Gasteiger partial charge in [0.1, 0.15) is 17.1 Å². The Hall–Kier alpha value is -3.65. The summed E-state index contributed by atoms with van der Waals surface area (Å²) < 4.78 is 41.7. The number of carbonyl (C=O) groups excluding carboxylic acids is 1. The zero-order valence-electron chi connectivity index (χ0n) is 45.1. The molecule has 0 fully saturated rings. The highest BCUT2D eigenvalue weighted by atomic mass is 32.2. The average molecular weight is 1040 g/mol. The summed E-state index contributed by atoms with van der Waals surface area (Å²) in [5.41, 5.74) is 10.5. The first-order valence-electron chi connectivity index (χ1n) is 24.3. The lowest BCUT2D eigenvalue weighted by molar-refractivity contribution is 0.0696. The van der Waals surface area contributed by atoms with Gasteiger partial charge in [0.25, 0.3) is 0 Å². The lowest BCUT2D eigenvalue weighted by Gasteiger charge is -2.29. The molecule has 7 rings (SSSR count). The summed E-state index contributed by atoms with van der Waals surface area (Å²) in [4.78, 5) is 17.0. The molecule has 0 amide bonds. The molecule has 0 N–H and O–H groups in total. The van der Waals surface area contributed by atoms with Crippen LogP contribution in [0.4, 0.5) is 0 Å². The fourth-order valence-electron chi connectivity index (χ4n) is 8.43. The summed E-state index contributed by atoms with van der Waals surface area (Å²) in [5.74, 6) is 1.59. The van der Waals surface area contributed by atoms with Crippen molar-refractivity contribution < 1.29 is 31.3 Å². The number of aryl methyl sites for hydroxylation is 1. The van der Waals surface area contributed by atoms with E-state index in [4.69, 9.17) is 26.5 Å². The van der Waals surface area contributed by atoms with E-state index in [-0.39, 0.29) is 33.5 Å². The maximum Gasteiger partial charge on any atom is 0.532 e. The van der Waals surface area contributed by atoms with Crippen molar-refractivity contribution >= 4 is 80.0 Å². The summed E-state index contributed by atoms with van der Waals surface area (Å²) in [7, 11) is -4.34. The molecule has 70 heavy (non-hydrogen) atoms. The van der Waals surface area contributed by atoms with E-state index in [0.29, 0.717) is 29.2 Å². The molecule has 1 aliphatic heterocycles. The Kier molecular flexibility index (Phi) is 15.7. The number of fused-ring (bicyclic) bond motifs is 4. The molecule has 7 nitrogen and oxygen atoms in total. The molecule has 0 aliphatic carbocycles. The van der Waals surface area contributed by atoms with Crippen LogP contribution in [0.3, 0.4) is 0 Å². The summed E-state index contributed by atoms with van der Waals surface area (Å²) in [6.45, 7) is 37.5. The minimum absolute atomic E-state index is 0.0975. The highest BCUT2D eigenvalue weighted by Crippen LogP contribution is 2.56. The van der Waals surface area contributed by atoms with Crippen molar-refractivity contribution in [3.05, 3.63) is 105 Å². The van der Waals surface area contributed by atoms with Crippen LogP contribution < -0.4 is 13.6 Å². The first-order valence-corrected chi connectivity index (χ1v) is 30.2. The van der Waals surface area contributed by atoms with E-state index >= 15 is 0 Å². The van der Waals surface area contributed by atoms with Crippen LogP contribution in [0.15, 0.2) is 83.7 Å². The Labute approximate surface area is 433 Å². The van der Waals surface area contributed by atoms with Crippen LogP contribution in [0.25, 0.3) is 33.1 Å². The van der Waals surface area contributed by atoms with Crippen LogP contribution in [-0.2, 0) is 32.6 Å². The van der Waals surface area contributed by atoms with E-state index in [1.165, 1.54) is 11.1 Å². The topological polar surface area (TPSA) is 80.3 Å². The zero-order chi connectivity index (χ0) is 51.6. The number of hydrogen-bond acceptors (Lipinski definition) is 10. The molecule has 12 heteroatoms. The standard InChI is InChI=1S/C58H74O7P2S3/c1-21-34-22-36(55(6,7)8)25-41(42-26-37(56(9,10)11)29-46(68-18)51(42)64-67-61-50-40(33(4)5)23-35(32(2)3)24-45(50)54(59)65-67)49(34)60-66-62-52-43(27-38(57(12,13)14)30-47(52)69-19)44-28-39(58(15,16)17)31-48(70-20)53(44)63-66/h22-33H,21H2,1-20H3. The van der Waals surface area contributed by atoms with Gasteiger partial charge in [0.05, 0.1) is 14.7 Å². The number of thioether (sulfide) groups is 3. The molecule has 376 valence electrons. The van der Waals surface area contributed by atoms with Crippen LogP contribution in [-0.4, -0.2) is 24.7 Å². The van der Waals surface area contributed by atoms with Crippen molar-refractivity contribution in [2.24, 2.45) is 0 Å². The van der Waals surface area contributed by atoms with Gasteiger partial charge in [-0.05, 0) is 146 Å². The normalized spacial score (nSPS) is 14.6. The Morgan fingerprint density at radius 2 is 0.986 bits per heavy atom. The van der Waals surface area contributed by atoms with E-state index in [0.717, 1.165) is 75.6 Å². The monoisotopic (exact) mass is 1040 g/mol. The van der Waals surface area contributed by atoms with Gasteiger partial charge in [-0.1, -0.05) is 130 Å². The van der Waals surface area contributed by atoms with Crippen LogP contribution in [0.1, 0.15) is 179 Å². The van der Waals surface area contributed by atoms with Crippen LogP contribution in [0.5, 0.6) is 17.2 Å². The molecule has 0 spiro atoms. The van der Waals surface area contributed by atoms with Crippen molar-refractivity contribution in [1.82, 2.24) is 0 Å². The van der Waals surface area contributed by atoms with E-state index in [1.54, 1.807) is 35.3 Å². The Morgan fingerprint density at radius 3 is 1.43 bits per heavy atom. The zero-order valence-corrected chi connectivity index (χ0v) is 49.4. The summed E-state index contributed by atoms with van der Waals surface area (Å²) in [5, 5.41) is 1.98. The fraction of sp³-hybridized carbons (Fsp3) is 0.466. The van der Waals surface area contributed by atoms with E-state index < -0.39 is 22.8 Å². The van der Waals surface area contributed by atoms with Crippen LogP contribution in [0.2, 0.25) is 0 Å². The lowest BCUT2D eigenvalue weighted by atomic mass is 9.81. The molecule has 1 unspecified atom stereocenters. The summed E-state index contributed by atoms with van der Waals surface area (Å²) in [6, 6.07) is 22.0. The summed E-state index contributed by atoms with van der Waals surface area (Å²) >= 11 is 4.92. The lowest BCUT2D eigenvalue weighted by Crippen LogP contribution is -2.18. The van der Waals surface area contributed by atoms with Gasteiger partial charge in [0.2, 0.25) is 0 Å². The molecule has 0 saturated carbocycles. The molecule has 0 saturated heterocycles. The second kappa shape index (κ2) is 20.3. The second-order valence-corrected chi connectivity index (χ2v) is 27.6. The van der Waals surface area contributed by atoms with Gasteiger partial charge in [0.15, 0.2) is 16.9 Å². The highest BCUT2D eigenvalue weighted by Gasteiger charge is 2.38. The van der Waals surface area contributed by atoms with Gasteiger partial charge >= 0.3 is 22.8 Å². The maximum atomic E-state index is 14.1. The number of rotatable bonds is 11. The number of carbonyl (C=O) groups is 1. The van der Waals surface area contributed by atoms with Crippen molar-refractivity contribution in [1.29, 1.82) is 0 Å². The predicted octanol–water partition coefficient (Wildman–Crippen LogP) is 19.8. The third kappa shape index (κ3) is 11.1. The molecule has 1 aromatic heterocycles. The van der Waals surface area contributed by atoms with Gasteiger partial charge in [-0.3, -0.25) is 0 Å². The number of hydrogen-bond donors (Lipinski definition) is 0. The third-order valence-electron chi connectivity index (χ3n) is 13.1. The van der Waals surface area contributed by atoms with Gasteiger partial charge in [-0.15, -0.1) is 35.3 Å². The minimum Gasteiger partial charge on any atom is -0.407 e. The SMILES string of the molecule is CCc1cc(C(C)(C)C)cc(-c2cc(C(C)(C)C)cc(SC)c2OP2OC(=O)c3cc(C(C)C)cc(C(C)C)c3O2)c1Op1oc2c(SC)cc(C(C)(C)C)cc2c2cc(C(C)(C)C)cc(SC)c2o1. The first kappa shape index (κ1) is 54.1. The minimum atomic E-state index is -2.22. The molecule has 2 heterocycles. The average Bonchev–Trinajstić information content (AvgIpc) is 3.43. The molecule has 6 aromatic rings. The molecular formula is C58H74O7P2S3. The van der Waals surface area contributed by atoms with Crippen LogP contribution >= 0.6 is 52.1 Å². The molecule has 0 bridgehead atoms. The first-order chi connectivity index (χ1) is 32.6. The number of benzene rings is 5. The van der Waals surface area contributed by atoms with Gasteiger partial charge in [0, 0.05) is 21.9 Å². The Balaban J connectivity index is 1.54. The Bertz CT molecular complexity index is 2930. The van der Waals surface area contributed by atoms with Crippen molar-refractivity contribution in [2.75, 3.05) is 18.8 Å². The highest BCUT2D eigenvalue weighted by molar-refractivity contribution is 7.99. The Morgan fingerprint density at radius 1 is 0.529 bits per heavy atom. The largest absolute Gasteiger partial charge is 0.532 e. The van der Waals surface area contributed by atoms with E-state index in [1.807, 2.05) is 12.3 Å². The van der Waals surface area contributed by atoms with E-state index in [2.05, 4.69) is 185 Å². The third-order valence-corrected chi connectivity index (χ3v) is 17.3. The van der Waals surface area contributed by atoms with Gasteiger partial charge in [-0.25, -0.2) is 4.79 Å². The van der Waals surface area contributed by atoms with Crippen molar-refractivity contribution in [2.45, 2.75) is 172 Å². The van der Waals surface area contributed by atoms with Crippen molar-refractivity contribution in [3.63, 3.8) is 0 Å². The fourth-order valence-corrected chi connectivity index (χ4v) is 12.6. The molecule has 5 aromatic carbocycles. The quantitative estimate of drug-likeness (QED) is 0.0924. The summed E-state index contributed by atoms with van der Waals surface area (Å²) in [6.07, 6.45) is 6.93. The smallest absolute Gasteiger partial charge is 0.407 e. The maximum absolute atomic E-state index is 14.1. The van der Waals surface area contributed by atoms with Crippen LogP contribution in [0, 0.1) is 0 Å². The predicted molar refractivity (Wildman–Crippen MR) is 302 cm³/mol. The molecule has 0 radical (unpaired) electrons. The van der Waals surface area contributed by atoms with Crippen molar-refractivity contribution in [3.8, 4) is 28.4 Å². The molecule has 1 aliphatic rings. The second-order valence-electron chi connectivity index (χ2n) is 23.1. The van der Waals surface area contributed by atoms with Gasteiger partial charge in [-0.2, -0.15) is 0 Å². The van der Waals surface area contributed by atoms with Gasteiger partial charge < -0.3 is 26.5 Å². The molecular weight excluding hydrogens is 967 g/mol. The molecule has 1 atom stereocenters.